The van der Waals surface area contributed by atoms with E-state index in [1.54, 1.807) is 24.5 Å². The number of aromatic nitrogens is 3. The largest absolute Gasteiger partial charge is 0.301 e. The number of benzene rings is 1. The number of carbonyl (C=O) groups is 1. The molecule has 0 aliphatic heterocycles. The lowest BCUT2D eigenvalue weighted by Gasteiger charge is -2.06. The van der Waals surface area contributed by atoms with Crippen molar-refractivity contribution in [1.82, 2.24) is 15.0 Å². The molecule has 0 fully saturated rings. The third-order valence-corrected chi connectivity index (χ3v) is 4.73. The van der Waals surface area contributed by atoms with E-state index in [2.05, 4.69) is 30.2 Å². The van der Waals surface area contributed by atoms with Crippen molar-refractivity contribution < 1.29 is 9.72 Å². The number of thioether (sulfide) groups is 1. The van der Waals surface area contributed by atoms with Crippen molar-refractivity contribution in [3.05, 3.63) is 80.9 Å². The number of nitrogens with zero attached hydrogens (tertiary/aromatic N) is 6. The number of non-ortho nitro benzene ring substituents is 1. The molecule has 0 amide bonds. The van der Waals surface area contributed by atoms with Gasteiger partial charge in [0.05, 0.1) is 10.6 Å². The minimum Gasteiger partial charge on any atom is -0.301 e. The molecule has 31 heavy (non-hydrogen) atoms. The van der Waals surface area contributed by atoms with Gasteiger partial charge in [-0.3, -0.25) is 24.7 Å². The molecule has 1 N–H and O–H groups in total. The lowest BCUT2D eigenvalue weighted by atomic mass is 10.3. The van der Waals surface area contributed by atoms with E-state index in [9.17, 15) is 19.7 Å². The first-order chi connectivity index (χ1) is 14.9. The first kappa shape index (κ1) is 21.6. The number of azo groups is 1. The first-order valence-electron chi connectivity index (χ1n) is 8.78. The lowest BCUT2D eigenvalue weighted by Crippen LogP contribution is -2.13. The monoisotopic (exact) mass is 437 g/mol. The van der Waals surface area contributed by atoms with Crippen LogP contribution in [-0.4, -0.2) is 37.2 Å². The number of aliphatic imine (C=N–C) groups is 1. The van der Waals surface area contributed by atoms with Crippen LogP contribution in [0.4, 0.5) is 17.2 Å². The van der Waals surface area contributed by atoms with E-state index < -0.39 is 15.9 Å². The van der Waals surface area contributed by atoms with Crippen molar-refractivity contribution >= 4 is 41.0 Å². The summed E-state index contributed by atoms with van der Waals surface area (Å²) in [6.45, 7) is 1.33. The number of H-pyrrole nitrogens is 1. The van der Waals surface area contributed by atoms with E-state index in [4.69, 9.17) is 0 Å². The minimum absolute atomic E-state index is 0.0812. The quantitative estimate of drug-likeness (QED) is 0.141. The van der Waals surface area contributed by atoms with Crippen LogP contribution in [-0.2, 0) is 4.79 Å². The Bertz CT molecular complexity index is 1190. The van der Waals surface area contributed by atoms with Crippen LogP contribution in [0.3, 0.4) is 0 Å². The number of ketones is 1. The van der Waals surface area contributed by atoms with E-state index >= 15 is 0 Å². The van der Waals surface area contributed by atoms with Gasteiger partial charge in [0.1, 0.15) is 0 Å². The van der Waals surface area contributed by atoms with Gasteiger partial charge in [-0.1, -0.05) is 11.8 Å². The Morgan fingerprint density at radius 1 is 1.23 bits per heavy atom. The van der Waals surface area contributed by atoms with Crippen molar-refractivity contribution in [2.24, 2.45) is 15.2 Å². The van der Waals surface area contributed by atoms with Crippen LogP contribution >= 0.6 is 11.8 Å². The predicted molar refractivity (Wildman–Crippen MR) is 114 cm³/mol. The zero-order chi connectivity index (χ0) is 22.2. The molecule has 3 rings (SSSR count). The van der Waals surface area contributed by atoms with Gasteiger partial charge >= 0.3 is 0 Å². The molecule has 0 aliphatic rings. The summed E-state index contributed by atoms with van der Waals surface area (Å²) in [4.78, 5) is 49.0. The summed E-state index contributed by atoms with van der Waals surface area (Å²) in [5.41, 5.74) is 0.607. The number of aromatic amines is 1. The van der Waals surface area contributed by atoms with Gasteiger partial charge in [-0.05, 0) is 36.8 Å². The Labute approximate surface area is 179 Å². The van der Waals surface area contributed by atoms with Gasteiger partial charge < -0.3 is 4.98 Å². The summed E-state index contributed by atoms with van der Waals surface area (Å²) in [5.74, 6) is -0.151. The molecule has 2 aromatic heterocycles. The molecule has 0 saturated heterocycles. The van der Waals surface area contributed by atoms with E-state index in [0.29, 0.717) is 5.69 Å². The van der Waals surface area contributed by atoms with Crippen molar-refractivity contribution in [1.29, 1.82) is 0 Å². The number of Topliss-reactive ketones (excluding diaryl/α,β-unsaturated/α-hetero) is 1. The molecule has 1 atom stereocenters. The molecule has 2 heterocycles. The third kappa shape index (κ3) is 6.47. The van der Waals surface area contributed by atoms with E-state index in [1.165, 1.54) is 43.5 Å². The van der Waals surface area contributed by atoms with Gasteiger partial charge in [0.25, 0.3) is 11.2 Å². The normalized spacial score (nSPS) is 12.3. The highest BCUT2D eigenvalue weighted by Crippen LogP contribution is 2.25. The molecule has 0 bridgehead atoms. The van der Waals surface area contributed by atoms with E-state index in [1.807, 2.05) is 0 Å². The third-order valence-electron chi connectivity index (χ3n) is 3.67. The van der Waals surface area contributed by atoms with Crippen LogP contribution in [0, 0.1) is 10.1 Å². The second kappa shape index (κ2) is 10.1. The fraction of sp³-hybridized carbons (Fsp3) is 0.105. The van der Waals surface area contributed by atoms with Gasteiger partial charge in [0, 0.05) is 36.8 Å². The number of hydrogen-bond acceptors (Lipinski definition) is 10. The Morgan fingerprint density at radius 2 is 1.94 bits per heavy atom. The van der Waals surface area contributed by atoms with Gasteiger partial charge in [-0.2, -0.15) is 10.2 Å². The number of pyridine rings is 1. The summed E-state index contributed by atoms with van der Waals surface area (Å²) in [7, 11) is 0. The second-order valence-electron chi connectivity index (χ2n) is 6.02. The Hall–Kier alpha value is -4.06. The van der Waals surface area contributed by atoms with Crippen LogP contribution in [0.2, 0.25) is 0 Å². The zero-order valence-electron chi connectivity index (χ0n) is 16.1. The molecule has 0 spiro atoms. The summed E-state index contributed by atoms with van der Waals surface area (Å²) in [6.07, 6.45) is 4.76. The highest BCUT2D eigenvalue weighted by molar-refractivity contribution is 8.00. The number of nitro benzene ring substituents is 1. The van der Waals surface area contributed by atoms with Gasteiger partial charge in [0.2, 0.25) is 0 Å². The number of carbonyl (C=O) groups excluding carboxylic acids is 1. The number of nitrogens with one attached hydrogen (secondary N) is 1. The maximum atomic E-state index is 12.0. The molecule has 0 saturated carbocycles. The van der Waals surface area contributed by atoms with Crippen LogP contribution in [0.5, 0.6) is 0 Å². The molecule has 0 aliphatic carbocycles. The van der Waals surface area contributed by atoms with Gasteiger partial charge in [-0.15, -0.1) is 0 Å². The molecular formula is C19H15N7O4S. The maximum Gasteiger partial charge on any atom is 0.269 e. The van der Waals surface area contributed by atoms with Crippen LogP contribution in [0.15, 0.2) is 80.0 Å². The fourth-order valence-corrected chi connectivity index (χ4v) is 2.97. The minimum atomic E-state index is -0.974. The molecule has 3 aromatic rings. The van der Waals surface area contributed by atoms with Gasteiger partial charge in [0.15, 0.2) is 22.1 Å². The topological polar surface area (TPSA) is 156 Å². The van der Waals surface area contributed by atoms with Crippen molar-refractivity contribution in [2.75, 3.05) is 0 Å². The molecule has 1 unspecified atom stereocenters. The molecule has 0 radical (unpaired) electrons. The summed E-state index contributed by atoms with van der Waals surface area (Å²) >= 11 is 0.905. The fourth-order valence-electron chi connectivity index (χ4n) is 2.19. The highest BCUT2D eigenvalue weighted by atomic mass is 32.2. The smallest absolute Gasteiger partial charge is 0.269 e. The maximum absolute atomic E-state index is 12.0. The van der Waals surface area contributed by atoms with Crippen LogP contribution in [0.25, 0.3) is 0 Å². The summed E-state index contributed by atoms with van der Waals surface area (Å²) in [6, 6.07) is 10.1. The highest BCUT2D eigenvalue weighted by Gasteiger charge is 2.17. The number of nitro groups is 1. The van der Waals surface area contributed by atoms with E-state index in [-0.39, 0.29) is 22.4 Å². The second-order valence-corrected chi connectivity index (χ2v) is 7.09. The van der Waals surface area contributed by atoms with Gasteiger partial charge in [-0.25, -0.2) is 9.98 Å². The predicted octanol–water partition coefficient (Wildman–Crippen LogP) is 3.61. The summed E-state index contributed by atoms with van der Waals surface area (Å²) < 4.78 is 0. The standard InChI is InChI=1S/C19H15N7O4S/c1-12(27)18(25-24-14-2-4-15(5-3-14)26(29)30)31-19-22-16(10-17(28)23-19)21-11-13-6-8-20-9-7-13/h2-11,18H,1H3,(H,22,23,28)/b21-11-,25-24?. The Balaban J connectivity index is 1.77. The molecule has 12 heteroatoms. The lowest BCUT2D eigenvalue weighted by molar-refractivity contribution is -0.384. The SMILES string of the molecule is CC(=O)C(N=Nc1ccc([N+](=O)[O-])cc1)Sc1nc(/N=C\c2ccncc2)cc(=O)[nH]1. The van der Waals surface area contributed by atoms with Crippen LogP contribution < -0.4 is 5.56 Å². The molecule has 156 valence electrons. The van der Waals surface area contributed by atoms with Crippen molar-refractivity contribution in [3.63, 3.8) is 0 Å². The Morgan fingerprint density at radius 3 is 2.58 bits per heavy atom. The first-order valence-corrected chi connectivity index (χ1v) is 9.66. The average Bonchev–Trinajstić information content (AvgIpc) is 2.75. The van der Waals surface area contributed by atoms with Crippen molar-refractivity contribution in [2.45, 2.75) is 17.5 Å². The van der Waals surface area contributed by atoms with Crippen LogP contribution in [0.1, 0.15) is 12.5 Å². The Kier molecular flexibility index (Phi) is 7.06. The molecular weight excluding hydrogens is 422 g/mol. The molecule has 1 aromatic carbocycles. The summed E-state index contributed by atoms with van der Waals surface area (Å²) in [5, 5.41) is 17.8. The zero-order valence-corrected chi connectivity index (χ0v) is 16.9. The average molecular weight is 437 g/mol. The molecule has 11 nitrogen and oxygen atoms in total. The number of hydrogen-bond donors (Lipinski definition) is 1. The van der Waals surface area contributed by atoms with Crippen molar-refractivity contribution in [3.8, 4) is 0 Å². The van der Waals surface area contributed by atoms with E-state index in [0.717, 1.165) is 17.3 Å². The number of rotatable bonds is 8.